The molecule has 0 amide bonds. The van der Waals surface area contributed by atoms with Gasteiger partial charge in [-0.05, 0) is 40.0 Å². The van der Waals surface area contributed by atoms with E-state index in [9.17, 15) is 22.7 Å². The van der Waals surface area contributed by atoms with E-state index in [-0.39, 0.29) is 35.8 Å². The number of aliphatic hydroxyl groups excluding tert-OH is 1. The highest BCUT2D eigenvalue weighted by Gasteiger charge is 2.40. The van der Waals surface area contributed by atoms with Gasteiger partial charge in [0.15, 0.2) is 5.82 Å². The summed E-state index contributed by atoms with van der Waals surface area (Å²) < 4.78 is 53.4. The second-order valence-electron chi connectivity index (χ2n) is 6.64. The first-order valence-corrected chi connectivity index (χ1v) is 8.39. The molecule has 1 aliphatic carbocycles. The zero-order chi connectivity index (χ0) is 19.6. The summed E-state index contributed by atoms with van der Waals surface area (Å²) in [6.45, 7) is 4.62. The van der Waals surface area contributed by atoms with Crippen LogP contribution in [0.5, 0.6) is 0 Å². The zero-order valence-corrected chi connectivity index (χ0v) is 15.1. The van der Waals surface area contributed by atoms with Crippen LogP contribution in [0, 0.1) is 0 Å². The quantitative estimate of drug-likeness (QED) is 0.767. The van der Waals surface area contributed by atoms with Crippen molar-refractivity contribution in [2.75, 3.05) is 17.3 Å². The van der Waals surface area contributed by atoms with E-state index in [1.807, 2.05) is 13.8 Å². The maximum absolute atomic E-state index is 14.3. The van der Waals surface area contributed by atoms with Gasteiger partial charge < -0.3 is 15.3 Å². The molecule has 0 unspecified atom stereocenters. The monoisotopic (exact) mass is 377 g/mol. The minimum atomic E-state index is -4.47. The van der Waals surface area contributed by atoms with Crippen LogP contribution in [-0.2, 0) is 0 Å². The Morgan fingerprint density at radius 3 is 2.42 bits per heavy atom. The summed E-state index contributed by atoms with van der Waals surface area (Å²) in [6.07, 6.45) is -4.60. The molecule has 1 aromatic rings. The molecule has 26 heavy (non-hydrogen) atoms. The number of alkyl halides is 3. The third kappa shape index (κ3) is 4.60. The lowest BCUT2D eigenvalue weighted by Crippen LogP contribution is -2.42. The molecule has 0 saturated carbocycles. The smallest absolute Gasteiger partial charge is 0.386 e. The lowest BCUT2D eigenvalue weighted by molar-refractivity contribution is -0.144. The van der Waals surface area contributed by atoms with Crippen LogP contribution in [-0.4, -0.2) is 51.5 Å². The normalized spacial score (nSPS) is 19.7. The first kappa shape index (κ1) is 20.3. The van der Waals surface area contributed by atoms with Gasteiger partial charge in [-0.3, -0.25) is 0 Å². The van der Waals surface area contributed by atoms with Crippen molar-refractivity contribution in [3.8, 4) is 0 Å². The van der Waals surface area contributed by atoms with Crippen molar-refractivity contribution in [1.29, 1.82) is 0 Å². The molecule has 2 N–H and O–H groups in total. The fourth-order valence-electron chi connectivity index (χ4n) is 2.51. The van der Waals surface area contributed by atoms with Crippen molar-refractivity contribution in [2.45, 2.75) is 64.4 Å². The van der Waals surface area contributed by atoms with Crippen molar-refractivity contribution >= 4 is 17.5 Å². The molecule has 6 nitrogen and oxygen atoms in total. The average molecular weight is 377 g/mol. The van der Waals surface area contributed by atoms with E-state index in [0.717, 1.165) is 11.8 Å². The summed E-state index contributed by atoms with van der Waals surface area (Å²) >= 11 is 0. The molecule has 10 heteroatoms. The van der Waals surface area contributed by atoms with E-state index in [1.54, 1.807) is 0 Å². The number of hydrogen-bond donors (Lipinski definition) is 2. The molecule has 0 bridgehead atoms. The molecule has 1 aromatic heterocycles. The first-order valence-electron chi connectivity index (χ1n) is 8.39. The Balaban J connectivity index is 2.51. The van der Waals surface area contributed by atoms with Crippen LogP contribution < -0.4 is 10.2 Å². The standard InChI is InChI=1S/C16H23F4N5O/c1-8(2)21-14-22-13(10-6-5-7-11(26)12(10)17)23-15(24-14)25(4)9(3)16(18,19)20/h8-9,11,26H,5-7H2,1-4H3,(H,21,22,23,24)/t9-,11-/m1/s1. The third-order valence-electron chi connectivity index (χ3n) is 4.17. The van der Waals surface area contributed by atoms with E-state index < -0.39 is 24.1 Å². The molecule has 0 aromatic carbocycles. The molecule has 1 heterocycles. The van der Waals surface area contributed by atoms with Crippen LogP contribution in [0.3, 0.4) is 0 Å². The van der Waals surface area contributed by atoms with Crippen LogP contribution in [0.15, 0.2) is 5.83 Å². The minimum Gasteiger partial charge on any atom is -0.386 e. The summed E-state index contributed by atoms with van der Waals surface area (Å²) in [4.78, 5) is 13.1. The number of nitrogens with zero attached hydrogens (tertiary/aromatic N) is 4. The molecular formula is C16H23F4N5O. The second kappa shape index (κ2) is 7.73. The lowest BCUT2D eigenvalue weighted by Gasteiger charge is -2.27. The van der Waals surface area contributed by atoms with Gasteiger partial charge in [-0.2, -0.15) is 28.1 Å². The highest BCUT2D eigenvalue weighted by molar-refractivity contribution is 5.65. The van der Waals surface area contributed by atoms with Gasteiger partial charge in [0, 0.05) is 18.7 Å². The SMILES string of the molecule is CC(C)Nc1nc(C2=C(F)[C@H](O)CCC2)nc(N(C)[C@H](C)C(F)(F)F)n1. The van der Waals surface area contributed by atoms with E-state index in [1.165, 1.54) is 7.05 Å². The highest BCUT2D eigenvalue weighted by Crippen LogP contribution is 2.33. The Morgan fingerprint density at radius 2 is 1.85 bits per heavy atom. The van der Waals surface area contributed by atoms with Crippen molar-refractivity contribution < 1.29 is 22.7 Å². The summed E-state index contributed by atoms with van der Waals surface area (Å²) in [6, 6.07) is -1.92. The second-order valence-corrected chi connectivity index (χ2v) is 6.64. The lowest BCUT2D eigenvalue weighted by atomic mass is 9.96. The van der Waals surface area contributed by atoms with Gasteiger partial charge >= 0.3 is 6.18 Å². The molecule has 0 aliphatic heterocycles. The fourth-order valence-corrected chi connectivity index (χ4v) is 2.51. The number of anilines is 2. The number of nitrogens with one attached hydrogen (secondary N) is 1. The molecule has 2 atom stereocenters. The predicted molar refractivity (Wildman–Crippen MR) is 90.4 cm³/mol. The van der Waals surface area contributed by atoms with Gasteiger partial charge in [0.25, 0.3) is 0 Å². The Labute approximate surface area is 149 Å². The molecule has 146 valence electrons. The number of aromatic nitrogens is 3. The molecule has 0 fully saturated rings. The van der Waals surface area contributed by atoms with Crippen molar-refractivity contribution in [2.24, 2.45) is 0 Å². The Bertz CT molecular complexity index is 677. The van der Waals surface area contributed by atoms with E-state index >= 15 is 0 Å². The van der Waals surface area contributed by atoms with Crippen molar-refractivity contribution in [3.05, 3.63) is 11.7 Å². The summed E-state index contributed by atoms with van der Waals surface area (Å²) in [7, 11) is 1.22. The van der Waals surface area contributed by atoms with Crippen LogP contribution in [0.1, 0.15) is 45.9 Å². The minimum absolute atomic E-state index is 0.0570. The number of hydrogen-bond acceptors (Lipinski definition) is 6. The molecule has 0 saturated heterocycles. The van der Waals surface area contributed by atoms with E-state index in [0.29, 0.717) is 12.8 Å². The Morgan fingerprint density at radius 1 is 1.19 bits per heavy atom. The van der Waals surface area contributed by atoms with Gasteiger partial charge in [-0.25, -0.2) is 4.39 Å². The van der Waals surface area contributed by atoms with Gasteiger partial charge in [-0.1, -0.05) is 0 Å². The Hall–Kier alpha value is -1.97. The highest BCUT2D eigenvalue weighted by atomic mass is 19.4. The maximum Gasteiger partial charge on any atom is 0.408 e. The summed E-state index contributed by atoms with van der Waals surface area (Å²) in [5.74, 6) is -0.962. The number of aliphatic hydroxyl groups is 1. The molecule has 0 spiro atoms. The Kier molecular flexibility index (Phi) is 6.05. The average Bonchev–Trinajstić information content (AvgIpc) is 2.54. The third-order valence-corrected chi connectivity index (χ3v) is 4.17. The number of rotatable bonds is 5. The fraction of sp³-hybridized carbons (Fsp3) is 0.688. The number of allylic oxidation sites excluding steroid dienone is 1. The number of halogens is 4. The molecule has 0 radical (unpaired) electrons. The topological polar surface area (TPSA) is 74.2 Å². The van der Waals surface area contributed by atoms with Crippen molar-refractivity contribution in [1.82, 2.24) is 15.0 Å². The van der Waals surface area contributed by atoms with Gasteiger partial charge in [-0.15, -0.1) is 0 Å². The molecule has 1 aliphatic rings. The predicted octanol–water partition coefficient (Wildman–Crippen LogP) is 3.30. The first-order chi connectivity index (χ1) is 12.0. The van der Waals surface area contributed by atoms with E-state index in [2.05, 4.69) is 20.3 Å². The summed E-state index contributed by atoms with van der Waals surface area (Å²) in [5.41, 5.74) is 0.104. The van der Waals surface area contributed by atoms with Crippen LogP contribution >= 0.6 is 0 Å². The van der Waals surface area contributed by atoms with Crippen LogP contribution in [0.4, 0.5) is 29.5 Å². The van der Waals surface area contributed by atoms with Gasteiger partial charge in [0.2, 0.25) is 11.9 Å². The van der Waals surface area contributed by atoms with Crippen LogP contribution in [0.25, 0.3) is 5.57 Å². The van der Waals surface area contributed by atoms with Gasteiger partial charge in [0.1, 0.15) is 18.0 Å². The van der Waals surface area contributed by atoms with Crippen LogP contribution in [0.2, 0.25) is 0 Å². The largest absolute Gasteiger partial charge is 0.408 e. The maximum atomic E-state index is 14.3. The summed E-state index contributed by atoms with van der Waals surface area (Å²) in [5, 5.41) is 12.6. The van der Waals surface area contributed by atoms with Crippen molar-refractivity contribution in [3.63, 3.8) is 0 Å². The molecular weight excluding hydrogens is 354 g/mol. The molecule has 2 rings (SSSR count). The van der Waals surface area contributed by atoms with E-state index in [4.69, 9.17) is 0 Å². The van der Waals surface area contributed by atoms with Gasteiger partial charge in [0.05, 0.1) is 0 Å². The zero-order valence-electron chi connectivity index (χ0n) is 15.1.